The Balaban J connectivity index is 1.65. The summed E-state index contributed by atoms with van der Waals surface area (Å²) in [5.74, 6) is 0. The lowest BCUT2D eigenvalue weighted by Gasteiger charge is -2.48. The van der Waals surface area contributed by atoms with Gasteiger partial charge in [0.05, 0.1) is 0 Å². The van der Waals surface area contributed by atoms with Gasteiger partial charge in [-0.3, -0.25) is 4.90 Å². The van der Waals surface area contributed by atoms with Crippen molar-refractivity contribution in [3.8, 4) is 0 Å². The van der Waals surface area contributed by atoms with Gasteiger partial charge in [0.2, 0.25) is 0 Å². The van der Waals surface area contributed by atoms with Crippen LogP contribution in [0, 0.1) is 0 Å². The molecule has 2 nitrogen and oxygen atoms in total. The zero-order chi connectivity index (χ0) is 12.8. The van der Waals surface area contributed by atoms with Gasteiger partial charge in [0.15, 0.2) is 0 Å². The zero-order valence-electron chi connectivity index (χ0n) is 12.2. The Kier molecular flexibility index (Phi) is 5.97. The minimum Gasteiger partial charge on any atom is -0.328 e. The number of nitrogens with zero attached hydrogens (tertiary/aromatic N) is 1. The van der Waals surface area contributed by atoms with E-state index in [1.807, 2.05) is 0 Å². The number of fused-ring (bicyclic) bond motifs is 2. The molecular weight excluding hydrogens is 220 g/mol. The van der Waals surface area contributed by atoms with E-state index < -0.39 is 0 Å². The molecule has 2 unspecified atom stereocenters. The number of piperidine rings is 2. The van der Waals surface area contributed by atoms with Crippen molar-refractivity contribution in [1.82, 2.24) is 4.90 Å². The van der Waals surface area contributed by atoms with E-state index in [0.717, 1.165) is 12.1 Å². The molecular formula is C16H32N2. The molecule has 0 aliphatic carbocycles. The molecule has 2 N–H and O–H groups in total. The van der Waals surface area contributed by atoms with Crippen molar-refractivity contribution < 1.29 is 0 Å². The Morgan fingerprint density at radius 2 is 1.56 bits per heavy atom. The van der Waals surface area contributed by atoms with Crippen molar-refractivity contribution >= 4 is 0 Å². The molecule has 2 bridgehead atoms. The Morgan fingerprint density at radius 1 is 0.944 bits per heavy atom. The maximum atomic E-state index is 6.17. The number of rotatable bonds is 7. The normalized spacial score (nSPS) is 32.7. The van der Waals surface area contributed by atoms with Gasteiger partial charge in [0, 0.05) is 18.1 Å². The van der Waals surface area contributed by atoms with E-state index in [4.69, 9.17) is 5.73 Å². The molecule has 106 valence electrons. The zero-order valence-corrected chi connectivity index (χ0v) is 12.2. The highest BCUT2D eigenvalue weighted by Crippen LogP contribution is 2.33. The van der Waals surface area contributed by atoms with Crippen molar-refractivity contribution in [3.05, 3.63) is 0 Å². The third-order valence-corrected chi connectivity index (χ3v) is 4.93. The van der Waals surface area contributed by atoms with Crippen LogP contribution in [0.1, 0.15) is 77.6 Å². The smallest absolute Gasteiger partial charge is 0.0113 e. The van der Waals surface area contributed by atoms with Gasteiger partial charge in [0.1, 0.15) is 0 Å². The van der Waals surface area contributed by atoms with Crippen LogP contribution in [0.5, 0.6) is 0 Å². The monoisotopic (exact) mass is 252 g/mol. The van der Waals surface area contributed by atoms with Gasteiger partial charge in [0.25, 0.3) is 0 Å². The van der Waals surface area contributed by atoms with Gasteiger partial charge in [-0.05, 0) is 38.6 Å². The molecule has 2 heterocycles. The van der Waals surface area contributed by atoms with Crippen molar-refractivity contribution in [1.29, 1.82) is 0 Å². The Hall–Kier alpha value is -0.0800. The van der Waals surface area contributed by atoms with Crippen molar-refractivity contribution in [2.75, 3.05) is 6.54 Å². The molecule has 18 heavy (non-hydrogen) atoms. The lowest BCUT2D eigenvalue weighted by Crippen LogP contribution is -2.55. The van der Waals surface area contributed by atoms with Gasteiger partial charge in [-0.2, -0.15) is 0 Å². The van der Waals surface area contributed by atoms with Gasteiger partial charge in [-0.25, -0.2) is 0 Å². The van der Waals surface area contributed by atoms with E-state index >= 15 is 0 Å². The molecule has 0 saturated carbocycles. The third-order valence-electron chi connectivity index (χ3n) is 4.93. The second-order valence-corrected chi connectivity index (χ2v) is 6.48. The Labute approximate surface area is 113 Å². The molecule has 0 radical (unpaired) electrons. The molecule has 2 fully saturated rings. The van der Waals surface area contributed by atoms with E-state index in [0.29, 0.717) is 6.04 Å². The van der Waals surface area contributed by atoms with Crippen molar-refractivity contribution in [2.24, 2.45) is 5.73 Å². The average Bonchev–Trinajstić information content (AvgIpc) is 2.34. The summed E-state index contributed by atoms with van der Waals surface area (Å²) < 4.78 is 0. The van der Waals surface area contributed by atoms with E-state index in [-0.39, 0.29) is 0 Å². The first-order valence-corrected chi connectivity index (χ1v) is 8.32. The highest BCUT2D eigenvalue weighted by Gasteiger charge is 2.36. The van der Waals surface area contributed by atoms with Crippen LogP contribution in [0.4, 0.5) is 0 Å². The van der Waals surface area contributed by atoms with Gasteiger partial charge < -0.3 is 5.73 Å². The predicted octanol–water partition coefficient (Wildman–Crippen LogP) is 3.69. The summed E-state index contributed by atoms with van der Waals surface area (Å²) in [6.07, 6.45) is 15.3. The Morgan fingerprint density at radius 3 is 2.22 bits per heavy atom. The summed E-state index contributed by atoms with van der Waals surface area (Å²) >= 11 is 0. The van der Waals surface area contributed by atoms with Gasteiger partial charge in [-0.15, -0.1) is 0 Å². The molecule has 0 aromatic carbocycles. The fourth-order valence-corrected chi connectivity index (χ4v) is 3.96. The minimum absolute atomic E-state index is 0.487. The maximum absolute atomic E-state index is 6.17. The molecule has 2 rings (SSSR count). The topological polar surface area (TPSA) is 29.3 Å². The van der Waals surface area contributed by atoms with E-state index in [1.165, 1.54) is 77.2 Å². The van der Waals surface area contributed by atoms with Crippen LogP contribution in [-0.4, -0.2) is 29.6 Å². The van der Waals surface area contributed by atoms with E-state index in [9.17, 15) is 0 Å². The standard InChI is InChI=1S/C16H32N2/c1-2-3-4-5-6-7-11-18-15-9-8-10-16(18)13-14(17)12-15/h14-16H,2-13,17H2,1H3. The fourth-order valence-electron chi connectivity index (χ4n) is 3.96. The fraction of sp³-hybridized carbons (Fsp3) is 1.00. The summed E-state index contributed by atoms with van der Waals surface area (Å²) in [4.78, 5) is 2.81. The first-order chi connectivity index (χ1) is 8.81. The number of unbranched alkanes of at least 4 members (excludes halogenated alkanes) is 5. The van der Waals surface area contributed by atoms with E-state index in [1.54, 1.807) is 0 Å². The summed E-state index contributed by atoms with van der Waals surface area (Å²) in [7, 11) is 0. The molecule has 2 heteroatoms. The van der Waals surface area contributed by atoms with Crippen LogP contribution < -0.4 is 5.73 Å². The molecule has 0 spiro atoms. The van der Waals surface area contributed by atoms with Crippen molar-refractivity contribution in [2.45, 2.75) is 95.7 Å². The minimum atomic E-state index is 0.487. The lowest BCUT2D eigenvalue weighted by atomic mass is 9.82. The van der Waals surface area contributed by atoms with Crippen LogP contribution in [0.15, 0.2) is 0 Å². The van der Waals surface area contributed by atoms with E-state index in [2.05, 4.69) is 11.8 Å². The molecule has 0 aromatic rings. The summed E-state index contributed by atoms with van der Waals surface area (Å²) in [5, 5.41) is 0. The van der Waals surface area contributed by atoms with Crippen LogP contribution in [0.2, 0.25) is 0 Å². The molecule has 2 aliphatic rings. The van der Waals surface area contributed by atoms with Crippen LogP contribution in [0.3, 0.4) is 0 Å². The first-order valence-electron chi connectivity index (χ1n) is 8.32. The maximum Gasteiger partial charge on any atom is 0.0113 e. The summed E-state index contributed by atoms with van der Waals surface area (Å²) in [5.41, 5.74) is 6.17. The molecule has 2 aliphatic heterocycles. The van der Waals surface area contributed by atoms with Gasteiger partial charge in [-0.1, -0.05) is 45.4 Å². The largest absolute Gasteiger partial charge is 0.328 e. The highest BCUT2D eigenvalue weighted by molar-refractivity contribution is 4.93. The Bertz CT molecular complexity index is 215. The first kappa shape index (κ1) is 14.3. The third kappa shape index (κ3) is 3.96. The van der Waals surface area contributed by atoms with Crippen molar-refractivity contribution in [3.63, 3.8) is 0 Å². The number of hydrogen-bond donors (Lipinski definition) is 1. The van der Waals surface area contributed by atoms with Crippen LogP contribution in [-0.2, 0) is 0 Å². The molecule has 0 aromatic heterocycles. The number of hydrogen-bond acceptors (Lipinski definition) is 2. The second kappa shape index (κ2) is 7.49. The lowest BCUT2D eigenvalue weighted by molar-refractivity contribution is 0.0302. The SMILES string of the molecule is CCCCCCCCN1C2CCCC1CC(N)C2. The van der Waals surface area contributed by atoms with Crippen LogP contribution in [0.25, 0.3) is 0 Å². The predicted molar refractivity (Wildman–Crippen MR) is 78.7 cm³/mol. The molecule has 0 amide bonds. The van der Waals surface area contributed by atoms with Crippen LogP contribution >= 0.6 is 0 Å². The summed E-state index contributed by atoms with van der Waals surface area (Å²) in [6.45, 7) is 3.63. The average molecular weight is 252 g/mol. The number of nitrogens with two attached hydrogens (primary N) is 1. The summed E-state index contributed by atoms with van der Waals surface area (Å²) in [6, 6.07) is 2.13. The second-order valence-electron chi connectivity index (χ2n) is 6.48. The molecule has 2 saturated heterocycles. The van der Waals surface area contributed by atoms with Gasteiger partial charge >= 0.3 is 0 Å². The molecule has 2 atom stereocenters. The highest BCUT2D eigenvalue weighted by atomic mass is 15.2. The quantitative estimate of drug-likeness (QED) is 0.700.